The zero-order chi connectivity index (χ0) is 4.12. The number of hydrogen-bond acceptors (Lipinski definition) is 1. The van der Waals surface area contributed by atoms with E-state index in [2.05, 4.69) is 0 Å². The van der Waals surface area contributed by atoms with E-state index in [-0.39, 0.29) is 21.1 Å². The third-order valence-corrected chi connectivity index (χ3v) is 0.418. The molecule has 0 bridgehead atoms. The van der Waals surface area contributed by atoms with Crippen molar-refractivity contribution in [1.29, 1.82) is 0 Å². The number of rotatable bonds is 2. The monoisotopic (exact) mass is 257 g/mol. The molecule has 6 heavy (non-hydrogen) atoms. The molecule has 0 aliphatic rings. The largest absolute Gasteiger partial charge is 2.00 e. The zero-order valence-corrected chi connectivity index (χ0v) is 6.78. The molecule has 0 fully saturated rings. The van der Waals surface area contributed by atoms with Gasteiger partial charge in [0, 0.05) is 0 Å². The smallest absolute Gasteiger partial charge is 0.566 e. The van der Waals surface area contributed by atoms with E-state index in [0.717, 1.165) is 12.8 Å². The van der Waals surface area contributed by atoms with Gasteiger partial charge in [-0.1, -0.05) is 13.3 Å². The molecule has 0 spiro atoms. The SMILES string of the molecule is CCC[CH-]O.[W+2]. The van der Waals surface area contributed by atoms with E-state index in [1.54, 1.807) is 0 Å². The first-order chi connectivity index (χ1) is 2.41. The van der Waals surface area contributed by atoms with Gasteiger partial charge >= 0.3 is 21.1 Å². The Morgan fingerprint density at radius 1 is 1.67 bits per heavy atom. The number of aliphatic hydroxyl groups excluding tert-OH is 1. The summed E-state index contributed by atoms with van der Waals surface area (Å²) < 4.78 is 0. The van der Waals surface area contributed by atoms with Crippen LogP contribution < -0.4 is 0 Å². The van der Waals surface area contributed by atoms with E-state index >= 15 is 0 Å². The van der Waals surface area contributed by atoms with Crippen molar-refractivity contribution in [3.63, 3.8) is 0 Å². The minimum atomic E-state index is 0. The fraction of sp³-hybridized carbons (Fsp3) is 0.750. The van der Waals surface area contributed by atoms with E-state index in [4.69, 9.17) is 5.11 Å². The summed E-state index contributed by atoms with van der Waals surface area (Å²) in [6.45, 7) is 3.20. The van der Waals surface area contributed by atoms with Crippen LogP contribution in [0.1, 0.15) is 19.8 Å². The van der Waals surface area contributed by atoms with Gasteiger partial charge in [0.25, 0.3) is 0 Å². The van der Waals surface area contributed by atoms with Crippen LogP contribution in [-0.2, 0) is 21.1 Å². The predicted octanol–water partition coefficient (Wildman–Crippen LogP) is 1.32. The molecule has 0 aromatic carbocycles. The van der Waals surface area contributed by atoms with Crippen LogP contribution in [0.25, 0.3) is 0 Å². The second-order valence-corrected chi connectivity index (χ2v) is 0.971. The topological polar surface area (TPSA) is 20.2 Å². The Morgan fingerprint density at radius 3 is 2.17 bits per heavy atom. The van der Waals surface area contributed by atoms with Gasteiger partial charge in [-0.15, -0.1) is 0 Å². The maximum atomic E-state index is 7.94. The zero-order valence-electron chi connectivity index (χ0n) is 3.85. The number of aliphatic hydroxyl groups is 1. The minimum absolute atomic E-state index is 0. The number of hydrogen-bond donors (Lipinski definition) is 1. The third-order valence-electron chi connectivity index (χ3n) is 0.418. The first-order valence-electron chi connectivity index (χ1n) is 1.87. The predicted molar refractivity (Wildman–Crippen MR) is 21.1 cm³/mol. The Balaban J connectivity index is 0. The van der Waals surface area contributed by atoms with E-state index in [1.807, 2.05) is 6.92 Å². The van der Waals surface area contributed by atoms with Gasteiger partial charge in [0.1, 0.15) is 0 Å². The van der Waals surface area contributed by atoms with Crippen molar-refractivity contribution < 1.29 is 26.2 Å². The van der Waals surface area contributed by atoms with Crippen LogP contribution in [0.4, 0.5) is 0 Å². The van der Waals surface area contributed by atoms with Crippen LogP contribution in [0.15, 0.2) is 0 Å². The van der Waals surface area contributed by atoms with E-state index < -0.39 is 0 Å². The molecule has 0 aromatic heterocycles. The van der Waals surface area contributed by atoms with Crippen molar-refractivity contribution in [2.24, 2.45) is 0 Å². The van der Waals surface area contributed by atoms with Crippen LogP contribution in [-0.4, -0.2) is 5.11 Å². The van der Waals surface area contributed by atoms with Gasteiger partial charge in [-0.05, 0) is 0 Å². The first kappa shape index (κ1) is 9.82. The molecule has 1 nitrogen and oxygen atoms in total. The average molecular weight is 257 g/mol. The van der Waals surface area contributed by atoms with Crippen molar-refractivity contribution in [2.45, 2.75) is 19.8 Å². The molecule has 0 saturated carbocycles. The van der Waals surface area contributed by atoms with Gasteiger partial charge in [0.2, 0.25) is 0 Å². The third kappa shape index (κ3) is 8.82. The quantitative estimate of drug-likeness (QED) is 0.739. The van der Waals surface area contributed by atoms with Gasteiger partial charge in [-0.3, -0.25) is 0 Å². The normalized spacial score (nSPS) is 7.00. The Morgan fingerprint density at radius 2 is 2.17 bits per heavy atom. The molecule has 0 unspecified atom stereocenters. The van der Waals surface area contributed by atoms with Crippen molar-refractivity contribution >= 4 is 0 Å². The molecule has 0 aromatic rings. The van der Waals surface area contributed by atoms with Crippen LogP contribution >= 0.6 is 0 Å². The van der Waals surface area contributed by atoms with E-state index in [0.29, 0.717) is 0 Å². The average Bonchev–Trinajstić information content (AvgIpc) is 1.41. The summed E-state index contributed by atoms with van der Waals surface area (Å²) in [5.41, 5.74) is 0. The summed E-state index contributed by atoms with van der Waals surface area (Å²) in [5, 5.41) is 7.94. The van der Waals surface area contributed by atoms with Crippen molar-refractivity contribution in [2.75, 3.05) is 0 Å². The van der Waals surface area contributed by atoms with E-state index in [1.165, 1.54) is 6.61 Å². The fourth-order valence-electron chi connectivity index (χ4n) is 0.129. The minimum Gasteiger partial charge on any atom is -0.566 e. The molecule has 0 amide bonds. The molecule has 0 saturated heterocycles. The Labute approximate surface area is 53.0 Å². The Kier molecular flexibility index (Phi) is 15.0. The summed E-state index contributed by atoms with van der Waals surface area (Å²) >= 11 is 0. The first-order valence-corrected chi connectivity index (χ1v) is 1.87. The maximum absolute atomic E-state index is 7.94. The molecule has 0 aliphatic heterocycles. The fourth-order valence-corrected chi connectivity index (χ4v) is 0.129. The van der Waals surface area contributed by atoms with Crippen LogP contribution in [0, 0.1) is 6.61 Å². The summed E-state index contributed by atoms with van der Waals surface area (Å²) in [5.74, 6) is 0. The molecular weight excluding hydrogens is 248 g/mol. The van der Waals surface area contributed by atoms with Crippen LogP contribution in [0.5, 0.6) is 0 Å². The summed E-state index contributed by atoms with van der Waals surface area (Å²) in [6.07, 6.45) is 1.86. The molecule has 0 heterocycles. The van der Waals surface area contributed by atoms with E-state index in [9.17, 15) is 0 Å². The standard InChI is InChI=1S/C4H9O.W/c1-2-3-4-5;/h4-5H,2-3H2,1H3;/q-1;+2. The van der Waals surface area contributed by atoms with Gasteiger partial charge in [0.05, 0.1) is 0 Å². The van der Waals surface area contributed by atoms with Crippen LogP contribution in [0.3, 0.4) is 0 Å². The molecule has 0 radical (unpaired) electrons. The Bertz CT molecular complexity index is 15.0. The van der Waals surface area contributed by atoms with Crippen LogP contribution in [0.2, 0.25) is 0 Å². The van der Waals surface area contributed by atoms with Crippen molar-refractivity contribution in [3.8, 4) is 0 Å². The van der Waals surface area contributed by atoms with Gasteiger partial charge in [-0.25, -0.2) is 6.61 Å². The summed E-state index contributed by atoms with van der Waals surface area (Å²) in [7, 11) is 0. The van der Waals surface area contributed by atoms with Crippen molar-refractivity contribution in [3.05, 3.63) is 6.61 Å². The summed E-state index contributed by atoms with van der Waals surface area (Å²) in [4.78, 5) is 0. The molecule has 1 N–H and O–H groups in total. The number of unbranched alkanes of at least 4 members (excludes halogenated alkanes) is 1. The molecule has 0 aliphatic carbocycles. The van der Waals surface area contributed by atoms with Gasteiger partial charge in [0.15, 0.2) is 0 Å². The van der Waals surface area contributed by atoms with Crippen molar-refractivity contribution in [1.82, 2.24) is 0 Å². The molecule has 36 valence electrons. The molecule has 0 rings (SSSR count). The van der Waals surface area contributed by atoms with Gasteiger partial charge in [-0.2, -0.15) is 6.42 Å². The van der Waals surface area contributed by atoms with Gasteiger partial charge < -0.3 is 5.11 Å². The maximum Gasteiger partial charge on any atom is 2.00 e. The second kappa shape index (κ2) is 9.17. The molecular formula is C4H9OW+. The molecule has 2 heteroatoms. The summed E-state index contributed by atoms with van der Waals surface area (Å²) in [6, 6.07) is 0. The molecule has 0 atom stereocenters. The second-order valence-electron chi connectivity index (χ2n) is 0.971. The Hall–Kier alpha value is 0.648.